The zero-order chi connectivity index (χ0) is 33.5. The lowest BCUT2D eigenvalue weighted by Crippen LogP contribution is -2.67. The lowest BCUT2D eigenvalue weighted by atomic mass is 9.32. The Morgan fingerprint density at radius 2 is 1.79 bits per heavy atom. The van der Waals surface area contributed by atoms with Gasteiger partial charge in [-0.2, -0.15) is 0 Å². The molecule has 3 fully saturated rings. The van der Waals surface area contributed by atoms with Crippen LogP contribution in [0.2, 0.25) is 0 Å². The lowest BCUT2D eigenvalue weighted by molar-refractivity contribution is -0.177. The number of hydrogen-bond acceptors (Lipinski definition) is 8. The highest BCUT2D eigenvalue weighted by Gasteiger charge is 2.74. The van der Waals surface area contributed by atoms with E-state index < -0.39 is 22.5 Å². The molecule has 2 spiro atoms. The molecule has 1 aromatic carbocycles. The number of allylic oxidation sites excluding steroid dienone is 4. The fourth-order valence-corrected chi connectivity index (χ4v) is 13.2. The van der Waals surface area contributed by atoms with Gasteiger partial charge in [0.05, 0.1) is 29.3 Å². The number of thiophene rings is 2. The number of ketones is 1. The molecule has 3 saturated carbocycles. The van der Waals surface area contributed by atoms with Crippen molar-refractivity contribution in [2.75, 3.05) is 26.2 Å². The zero-order valence-electron chi connectivity index (χ0n) is 28.1. The summed E-state index contributed by atoms with van der Waals surface area (Å²) in [6, 6.07) is 14.4. The van der Waals surface area contributed by atoms with Crippen LogP contribution in [0.15, 0.2) is 71.6 Å². The minimum Gasteiger partial charge on any atom is -0.394 e. The number of carbonyl (C=O) groups excluding carboxylic acids is 1. The monoisotopic (exact) mass is 687 g/mol. The molecule has 3 aromatic rings. The molecule has 6 aliphatic rings. The van der Waals surface area contributed by atoms with Crippen LogP contribution in [0.1, 0.15) is 73.3 Å². The number of nitrogens with zero attached hydrogens (tertiary/aromatic N) is 1. The fourth-order valence-electron chi connectivity index (χ4n) is 11.5. The first-order valence-electron chi connectivity index (χ1n) is 17.9. The van der Waals surface area contributed by atoms with E-state index in [1.165, 1.54) is 4.88 Å². The van der Waals surface area contributed by atoms with Gasteiger partial charge in [-0.05, 0) is 97.6 Å². The third-order valence-corrected chi connectivity index (χ3v) is 16.1. The Kier molecular flexibility index (Phi) is 8.04. The van der Waals surface area contributed by atoms with E-state index in [0.29, 0.717) is 32.5 Å². The minimum atomic E-state index is -1.02. The third kappa shape index (κ3) is 4.70. The van der Waals surface area contributed by atoms with Gasteiger partial charge in [0.15, 0.2) is 5.78 Å². The summed E-state index contributed by atoms with van der Waals surface area (Å²) in [6.45, 7) is 5.79. The van der Waals surface area contributed by atoms with Crippen molar-refractivity contribution in [2.24, 2.45) is 33.5 Å². The molecule has 2 aromatic heterocycles. The number of benzene rings is 1. The molecule has 0 radical (unpaired) electrons. The SMILES string of the molecule is C[C@]12CC[C@H]3[C@]4(C=C[C@@]5(C=C4C(=O)c4cc6ccccc6s4)CC(O)CC[C@]35C)[C@@H]1CC[C@@]2(O)CN(CCc1cccs1)C[C@H](O)CO. The van der Waals surface area contributed by atoms with Crippen molar-refractivity contribution in [3.63, 3.8) is 0 Å². The van der Waals surface area contributed by atoms with Crippen LogP contribution >= 0.6 is 22.7 Å². The number of rotatable bonds is 10. The largest absolute Gasteiger partial charge is 0.394 e. The zero-order valence-corrected chi connectivity index (χ0v) is 29.7. The Morgan fingerprint density at radius 1 is 1.02 bits per heavy atom. The van der Waals surface area contributed by atoms with Gasteiger partial charge in [0.1, 0.15) is 0 Å². The Balaban J connectivity index is 1.19. The van der Waals surface area contributed by atoms with Gasteiger partial charge >= 0.3 is 0 Å². The van der Waals surface area contributed by atoms with E-state index in [0.717, 1.165) is 59.1 Å². The number of aliphatic hydroxyl groups excluding tert-OH is 3. The molecule has 0 amide bonds. The Morgan fingerprint density at radius 3 is 2.56 bits per heavy atom. The van der Waals surface area contributed by atoms with Gasteiger partial charge in [0.2, 0.25) is 0 Å². The maximum absolute atomic E-state index is 15.0. The van der Waals surface area contributed by atoms with Gasteiger partial charge in [-0.15, -0.1) is 22.7 Å². The minimum absolute atomic E-state index is 0.0680. The van der Waals surface area contributed by atoms with Crippen LogP contribution in [-0.2, 0) is 6.42 Å². The van der Waals surface area contributed by atoms with Crippen LogP contribution in [0.25, 0.3) is 10.1 Å². The van der Waals surface area contributed by atoms with Gasteiger partial charge in [0.25, 0.3) is 0 Å². The van der Waals surface area contributed by atoms with E-state index >= 15 is 0 Å². The van der Waals surface area contributed by atoms with Crippen molar-refractivity contribution < 1.29 is 25.2 Å². The first kappa shape index (κ1) is 33.0. The molecule has 2 bridgehead atoms. The predicted octanol–water partition coefficient (Wildman–Crippen LogP) is 6.63. The topological polar surface area (TPSA) is 101 Å². The van der Waals surface area contributed by atoms with Crippen LogP contribution in [0.3, 0.4) is 0 Å². The molecule has 0 aliphatic heterocycles. The smallest absolute Gasteiger partial charge is 0.199 e. The van der Waals surface area contributed by atoms with E-state index in [1.807, 2.05) is 12.1 Å². The van der Waals surface area contributed by atoms with Crippen LogP contribution < -0.4 is 0 Å². The van der Waals surface area contributed by atoms with Crippen molar-refractivity contribution in [3.05, 3.63) is 81.4 Å². The van der Waals surface area contributed by atoms with Crippen LogP contribution in [0, 0.1) is 33.5 Å². The molecule has 256 valence electrons. The Hall–Kier alpha value is -2.17. The Bertz CT molecular complexity index is 1730. The van der Waals surface area contributed by atoms with E-state index in [-0.39, 0.29) is 41.2 Å². The normalized spacial score (nSPS) is 38.9. The molecular formula is C40H49NO5S2. The van der Waals surface area contributed by atoms with Crippen LogP contribution in [0.5, 0.6) is 0 Å². The average molecular weight is 688 g/mol. The molecule has 1 unspecified atom stereocenters. The quantitative estimate of drug-likeness (QED) is 0.141. The van der Waals surface area contributed by atoms with Gasteiger partial charge < -0.3 is 20.4 Å². The van der Waals surface area contributed by atoms with E-state index in [1.54, 1.807) is 22.7 Å². The van der Waals surface area contributed by atoms with Crippen molar-refractivity contribution >= 4 is 38.5 Å². The van der Waals surface area contributed by atoms with E-state index in [2.05, 4.69) is 72.7 Å². The van der Waals surface area contributed by atoms with Gasteiger partial charge in [-0.3, -0.25) is 9.69 Å². The predicted molar refractivity (Wildman–Crippen MR) is 192 cm³/mol. The van der Waals surface area contributed by atoms with Crippen LogP contribution in [-0.4, -0.2) is 75.2 Å². The van der Waals surface area contributed by atoms with E-state index in [9.17, 15) is 25.2 Å². The summed E-state index contributed by atoms with van der Waals surface area (Å²) in [4.78, 5) is 19.2. The first-order chi connectivity index (χ1) is 23.0. The molecule has 2 heterocycles. The Labute approximate surface area is 291 Å². The summed E-state index contributed by atoms with van der Waals surface area (Å²) in [5.41, 5.74) is -1.53. The second kappa shape index (κ2) is 11.7. The van der Waals surface area contributed by atoms with Crippen molar-refractivity contribution in [1.82, 2.24) is 4.90 Å². The second-order valence-corrected chi connectivity index (χ2v) is 18.3. The molecule has 9 atom stereocenters. The molecule has 8 heteroatoms. The van der Waals surface area contributed by atoms with Crippen molar-refractivity contribution in [2.45, 2.75) is 83.0 Å². The molecule has 0 saturated heterocycles. The van der Waals surface area contributed by atoms with Crippen LogP contribution in [0.4, 0.5) is 0 Å². The number of aliphatic hydroxyl groups is 4. The van der Waals surface area contributed by atoms with Gasteiger partial charge in [0, 0.05) is 51.0 Å². The van der Waals surface area contributed by atoms with Crippen molar-refractivity contribution in [1.29, 1.82) is 0 Å². The highest BCUT2D eigenvalue weighted by Crippen LogP contribution is 2.78. The highest BCUT2D eigenvalue weighted by molar-refractivity contribution is 7.21. The fraction of sp³-hybridized carbons (Fsp3) is 0.575. The molecule has 6 aliphatic carbocycles. The molecule has 4 N–H and O–H groups in total. The summed E-state index contributed by atoms with van der Waals surface area (Å²) >= 11 is 3.29. The second-order valence-electron chi connectivity index (χ2n) is 16.2. The maximum atomic E-state index is 15.0. The first-order valence-corrected chi connectivity index (χ1v) is 19.6. The third-order valence-electron chi connectivity index (χ3n) is 14.0. The van der Waals surface area contributed by atoms with E-state index in [4.69, 9.17) is 0 Å². The maximum Gasteiger partial charge on any atom is 0.199 e. The molecule has 9 rings (SSSR count). The summed E-state index contributed by atoms with van der Waals surface area (Å²) in [5, 5.41) is 47.4. The summed E-state index contributed by atoms with van der Waals surface area (Å²) in [5.74, 6) is 0.418. The highest BCUT2D eigenvalue weighted by atomic mass is 32.1. The molecule has 48 heavy (non-hydrogen) atoms. The van der Waals surface area contributed by atoms with Gasteiger partial charge in [-0.25, -0.2) is 0 Å². The number of carbonyl (C=O) groups is 1. The summed E-state index contributed by atoms with van der Waals surface area (Å²) in [7, 11) is 0. The van der Waals surface area contributed by atoms with Crippen molar-refractivity contribution in [3.8, 4) is 0 Å². The number of fused-ring (bicyclic) bond motifs is 2. The standard InChI is InChI=1S/C40H49NO5S2/c1-36-13-9-27(43)21-38(36)16-17-40(30(22-38)35(45)32-20-26-6-3-4-8-31(26)48-32)33(36)10-14-37(2)34(40)11-15-39(37,46)25-41(23-28(44)24-42)18-12-29-7-5-19-47-29/h3-8,16-17,19-20,22,27-28,33-34,42-44,46H,9-15,18,21,23-25H2,1-2H3/t27?,28-,33+,34+,36+,37-,38-,39+,40+/m0/s1. The molecular weight excluding hydrogens is 639 g/mol. The summed E-state index contributed by atoms with van der Waals surface area (Å²) in [6.07, 6.45) is 12.2. The number of Topliss-reactive ketones (excluding diaryl/α,β-unsaturated/α-hetero) is 1. The number of hydrogen-bond donors (Lipinski definition) is 4. The average Bonchev–Trinajstić information content (AvgIpc) is 3.81. The molecule has 6 nitrogen and oxygen atoms in total. The summed E-state index contributed by atoms with van der Waals surface area (Å²) < 4.78 is 1.11. The van der Waals surface area contributed by atoms with Gasteiger partial charge in [-0.1, -0.05) is 56.3 Å². The lowest BCUT2D eigenvalue weighted by Gasteiger charge is -2.71.